The highest BCUT2D eigenvalue weighted by molar-refractivity contribution is 9.11. The molecular weight excluding hydrogens is 312 g/mol. The molecule has 1 aromatic rings. The molecule has 0 aliphatic carbocycles. The van der Waals surface area contributed by atoms with Gasteiger partial charge < -0.3 is 10.6 Å². The Labute approximate surface area is 120 Å². The smallest absolute Gasteiger partial charge is 0.226 e. The monoisotopic (exact) mass is 330 g/mol. The molecule has 1 aromatic heterocycles. The largest absolute Gasteiger partial charge is 0.351 e. The lowest BCUT2D eigenvalue weighted by atomic mass is 9.76. The molecule has 0 atom stereocenters. The minimum atomic E-state index is -0.153. The van der Waals surface area contributed by atoms with Crippen molar-refractivity contribution in [1.29, 1.82) is 0 Å². The molecule has 1 saturated heterocycles. The van der Waals surface area contributed by atoms with Gasteiger partial charge in [-0.15, -0.1) is 11.3 Å². The highest BCUT2D eigenvalue weighted by Crippen LogP contribution is 2.33. The van der Waals surface area contributed by atoms with Crippen molar-refractivity contribution in [2.75, 3.05) is 13.1 Å². The molecule has 1 fully saturated rings. The van der Waals surface area contributed by atoms with Gasteiger partial charge in [-0.2, -0.15) is 0 Å². The summed E-state index contributed by atoms with van der Waals surface area (Å²) in [6, 6.07) is 4.07. The van der Waals surface area contributed by atoms with Crippen LogP contribution < -0.4 is 10.6 Å². The zero-order valence-electron chi connectivity index (χ0n) is 10.6. The van der Waals surface area contributed by atoms with Gasteiger partial charge >= 0.3 is 0 Å². The lowest BCUT2D eigenvalue weighted by Gasteiger charge is -2.35. The van der Waals surface area contributed by atoms with Gasteiger partial charge in [-0.05, 0) is 60.4 Å². The van der Waals surface area contributed by atoms with Crippen LogP contribution in [-0.4, -0.2) is 19.0 Å². The van der Waals surface area contributed by atoms with Crippen LogP contribution in [0.25, 0.3) is 0 Å². The van der Waals surface area contributed by atoms with Crippen LogP contribution >= 0.6 is 27.3 Å². The van der Waals surface area contributed by atoms with Crippen molar-refractivity contribution in [2.45, 2.75) is 32.7 Å². The van der Waals surface area contributed by atoms with Gasteiger partial charge in [0, 0.05) is 4.88 Å². The molecule has 0 radical (unpaired) electrons. The summed E-state index contributed by atoms with van der Waals surface area (Å²) in [5, 5.41) is 6.42. The number of thiophene rings is 1. The van der Waals surface area contributed by atoms with Crippen LogP contribution in [0, 0.1) is 5.41 Å². The Bertz CT molecular complexity index is 413. The normalized spacial score (nSPS) is 18.6. The van der Waals surface area contributed by atoms with E-state index in [4.69, 9.17) is 0 Å². The number of amides is 1. The number of hydrogen-bond acceptors (Lipinski definition) is 3. The number of hydrogen-bond donors (Lipinski definition) is 2. The molecular formula is C13H19BrN2OS. The molecule has 2 N–H and O–H groups in total. The maximum atomic E-state index is 12.4. The molecule has 0 bridgehead atoms. The Morgan fingerprint density at radius 1 is 1.50 bits per heavy atom. The molecule has 1 amide bonds. The second kappa shape index (κ2) is 6.17. The lowest BCUT2D eigenvalue weighted by Crippen LogP contribution is -2.47. The van der Waals surface area contributed by atoms with E-state index in [1.165, 1.54) is 4.88 Å². The first kappa shape index (κ1) is 14.0. The topological polar surface area (TPSA) is 41.1 Å². The molecule has 2 heterocycles. The van der Waals surface area contributed by atoms with Crippen LogP contribution in [0.4, 0.5) is 0 Å². The van der Waals surface area contributed by atoms with Crippen LogP contribution in [0.5, 0.6) is 0 Å². The minimum absolute atomic E-state index is 0.153. The number of halogens is 1. The maximum absolute atomic E-state index is 12.4. The van der Waals surface area contributed by atoms with Crippen LogP contribution in [0.3, 0.4) is 0 Å². The summed E-state index contributed by atoms with van der Waals surface area (Å²) < 4.78 is 1.11. The maximum Gasteiger partial charge on any atom is 0.226 e. The third kappa shape index (κ3) is 3.13. The predicted molar refractivity (Wildman–Crippen MR) is 78.7 cm³/mol. The first-order chi connectivity index (χ1) is 8.66. The number of rotatable bonds is 4. The summed E-state index contributed by atoms with van der Waals surface area (Å²) in [4.78, 5) is 13.6. The van der Waals surface area contributed by atoms with Gasteiger partial charge in [0.15, 0.2) is 0 Å². The number of piperidine rings is 1. The van der Waals surface area contributed by atoms with E-state index < -0.39 is 0 Å². The summed E-state index contributed by atoms with van der Waals surface area (Å²) in [7, 11) is 0. The van der Waals surface area contributed by atoms with Gasteiger partial charge in [0.25, 0.3) is 0 Å². The van der Waals surface area contributed by atoms with Crippen molar-refractivity contribution in [1.82, 2.24) is 10.6 Å². The van der Waals surface area contributed by atoms with Crippen molar-refractivity contribution < 1.29 is 4.79 Å². The van der Waals surface area contributed by atoms with Gasteiger partial charge in [-0.1, -0.05) is 6.92 Å². The third-order valence-corrected chi connectivity index (χ3v) is 5.39. The molecule has 0 unspecified atom stereocenters. The van der Waals surface area contributed by atoms with Crippen molar-refractivity contribution >= 4 is 33.2 Å². The number of carbonyl (C=O) groups is 1. The minimum Gasteiger partial charge on any atom is -0.351 e. The molecule has 0 spiro atoms. The van der Waals surface area contributed by atoms with Crippen LogP contribution in [-0.2, 0) is 11.3 Å². The Morgan fingerprint density at radius 3 is 2.78 bits per heavy atom. The van der Waals surface area contributed by atoms with E-state index in [0.717, 1.165) is 36.1 Å². The molecule has 18 heavy (non-hydrogen) atoms. The average molecular weight is 331 g/mol. The fourth-order valence-corrected chi connectivity index (χ4v) is 3.87. The molecule has 1 aliphatic heterocycles. The highest BCUT2D eigenvalue weighted by Gasteiger charge is 2.37. The highest BCUT2D eigenvalue weighted by atomic mass is 79.9. The second-order valence-corrected chi connectivity index (χ2v) is 7.32. The molecule has 100 valence electrons. The SMILES string of the molecule is CCC1(C(=O)NCc2ccc(Br)s2)CCNCC1. The first-order valence-corrected chi connectivity index (χ1v) is 8.00. The summed E-state index contributed by atoms with van der Waals surface area (Å²) in [6.45, 7) is 4.66. The Balaban J connectivity index is 1.93. The van der Waals surface area contributed by atoms with E-state index >= 15 is 0 Å². The van der Waals surface area contributed by atoms with E-state index in [-0.39, 0.29) is 11.3 Å². The number of carbonyl (C=O) groups excluding carboxylic acids is 1. The fraction of sp³-hybridized carbons (Fsp3) is 0.615. The van der Waals surface area contributed by atoms with Gasteiger partial charge in [0.2, 0.25) is 5.91 Å². The van der Waals surface area contributed by atoms with Crippen LogP contribution in [0.1, 0.15) is 31.1 Å². The van der Waals surface area contributed by atoms with Gasteiger partial charge in [0.1, 0.15) is 0 Å². The molecule has 1 aliphatic rings. The summed E-state index contributed by atoms with van der Waals surface area (Å²) in [5.74, 6) is 0.219. The van der Waals surface area contributed by atoms with E-state index in [1.807, 2.05) is 6.07 Å². The third-order valence-electron chi connectivity index (χ3n) is 3.77. The Kier molecular flexibility index (Phi) is 4.81. The van der Waals surface area contributed by atoms with Crippen molar-refractivity contribution in [3.63, 3.8) is 0 Å². The second-order valence-electron chi connectivity index (χ2n) is 4.77. The summed E-state index contributed by atoms with van der Waals surface area (Å²) in [6.07, 6.45) is 2.82. The Hall–Kier alpha value is -0.390. The van der Waals surface area contributed by atoms with E-state index in [9.17, 15) is 4.79 Å². The van der Waals surface area contributed by atoms with E-state index in [2.05, 4.69) is 39.6 Å². The fourth-order valence-electron chi connectivity index (χ4n) is 2.45. The number of nitrogens with one attached hydrogen (secondary N) is 2. The van der Waals surface area contributed by atoms with Gasteiger partial charge in [-0.3, -0.25) is 4.79 Å². The lowest BCUT2D eigenvalue weighted by molar-refractivity contribution is -0.133. The van der Waals surface area contributed by atoms with Crippen LogP contribution in [0.15, 0.2) is 15.9 Å². The van der Waals surface area contributed by atoms with Gasteiger partial charge in [0.05, 0.1) is 15.7 Å². The standard InChI is InChI=1S/C13H19BrN2OS/c1-2-13(5-7-15-8-6-13)12(17)16-9-10-3-4-11(14)18-10/h3-4,15H,2,5-9H2,1H3,(H,16,17). The quantitative estimate of drug-likeness (QED) is 0.891. The van der Waals surface area contributed by atoms with E-state index in [1.54, 1.807) is 11.3 Å². The van der Waals surface area contributed by atoms with Crippen LogP contribution in [0.2, 0.25) is 0 Å². The summed E-state index contributed by atoms with van der Waals surface area (Å²) >= 11 is 5.11. The zero-order valence-corrected chi connectivity index (χ0v) is 13.0. The van der Waals surface area contributed by atoms with Crippen molar-refractivity contribution in [3.05, 3.63) is 20.8 Å². The van der Waals surface area contributed by atoms with Crippen molar-refractivity contribution in [3.8, 4) is 0 Å². The molecule has 0 aromatic carbocycles. The first-order valence-electron chi connectivity index (χ1n) is 6.39. The Morgan fingerprint density at radius 2 is 2.22 bits per heavy atom. The average Bonchev–Trinajstić information content (AvgIpc) is 2.82. The van der Waals surface area contributed by atoms with Crippen molar-refractivity contribution in [2.24, 2.45) is 5.41 Å². The summed E-state index contributed by atoms with van der Waals surface area (Å²) in [5.41, 5.74) is -0.153. The zero-order chi connectivity index (χ0) is 13.0. The van der Waals surface area contributed by atoms with E-state index in [0.29, 0.717) is 6.54 Å². The van der Waals surface area contributed by atoms with Gasteiger partial charge in [-0.25, -0.2) is 0 Å². The molecule has 3 nitrogen and oxygen atoms in total. The molecule has 0 saturated carbocycles. The predicted octanol–water partition coefficient (Wildman–Crippen LogP) is 2.91. The molecule has 5 heteroatoms. The molecule has 2 rings (SSSR count).